The summed E-state index contributed by atoms with van der Waals surface area (Å²) in [6.07, 6.45) is 2.09. The number of benzene rings is 2. The van der Waals surface area contributed by atoms with Gasteiger partial charge in [0.05, 0.1) is 31.9 Å². The number of allylic oxidation sites excluding steroid dienone is 1. The number of fused-ring (bicyclic) bond motifs is 2. The lowest BCUT2D eigenvalue weighted by Crippen LogP contribution is -3.12. The van der Waals surface area contributed by atoms with E-state index in [0.717, 1.165) is 35.9 Å². The van der Waals surface area contributed by atoms with Crippen LogP contribution in [0.4, 0.5) is 5.69 Å². The number of anilines is 1. The second-order valence-corrected chi connectivity index (χ2v) is 8.19. The van der Waals surface area contributed by atoms with Crippen LogP contribution in [0.1, 0.15) is 42.3 Å². The van der Waals surface area contributed by atoms with Crippen LogP contribution in [-0.2, 0) is 0 Å². The fourth-order valence-corrected chi connectivity index (χ4v) is 4.43. The Bertz CT molecular complexity index is 887. The summed E-state index contributed by atoms with van der Waals surface area (Å²) in [6.45, 7) is 12.3. The minimum absolute atomic E-state index is 0.0132. The molecule has 3 rings (SSSR count). The Kier molecular flexibility index (Phi) is 6.81. The number of likely N-dealkylation sites (N-methyl/N-ethyl adjacent to an activating group) is 1. The van der Waals surface area contributed by atoms with Crippen molar-refractivity contribution in [3.05, 3.63) is 59.2 Å². The maximum atomic E-state index is 12.6. The molecule has 0 bridgehead atoms. The second-order valence-electron chi connectivity index (χ2n) is 7.10. The van der Waals surface area contributed by atoms with Gasteiger partial charge in [-0.05, 0) is 58.0 Å². The van der Waals surface area contributed by atoms with E-state index in [9.17, 15) is 4.79 Å². The normalized spacial score (nSPS) is 14.2. The minimum atomic E-state index is -0.0132. The molecule has 2 aromatic carbocycles. The zero-order valence-corrected chi connectivity index (χ0v) is 18.0. The molecule has 0 spiro atoms. The average molecular weight is 397 g/mol. The van der Waals surface area contributed by atoms with E-state index in [0.29, 0.717) is 12.1 Å². The monoisotopic (exact) mass is 396 g/mol. The topological polar surface area (TPSA) is 45.6 Å². The fraction of sp³-hybridized carbons (Fsp3) is 0.348. The SMILES string of the molecule is CC=C1Nc2cc(C(=O)NCC[NH+](CC)CC)ccc2Sc2ccc(C)cc21. The zero-order chi connectivity index (χ0) is 20.1. The molecular formula is C23H30N3OS+. The highest BCUT2D eigenvalue weighted by Crippen LogP contribution is 2.42. The summed E-state index contributed by atoms with van der Waals surface area (Å²) in [7, 11) is 0. The fourth-order valence-electron chi connectivity index (χ4n) is 3.42. The van der Waals surface area contributed by atoms with Gasteiger partial charge in [-0.15, -0.1) is 0 Å². The first-order chi connectivity index (χ1) is 13.5. The highest BCUT2D eigenvalue weighted by molar-refractivity contribution is 7.99. The number of rotatable bonds is 6. The number of aryl methyl sites for hydroxylation is 1. The molecule has 1 aliphatic rings. The quantitative estimate of drug-likeness (QED) is 0.699. The van der Waals surface area contributed by atoms with E-state index in [1.807, 2.05) is 25.1 Å². The van der Waals surface area contributed by atoms with Crippen molar-refractivity contribution in [3.63, 3.8) is 0 Å². The highest BCUT2D eigenvalue weighted by atomic mass is 32.2. The summed E-state index contributed by atoms with van der Waals surface area (Å²) in [5.41, 5.74) is 5.19. The summed E-state index contributed by atoms with van der Waals surface area (Å²) < 4.78 is 0. The van der Waals surface area contributed by atoms with Crippen LogP contribution in [0.2, 0.25) is 0 Å². The van der Waals surface area contributed by atoms with Gasteiger partial charge in [-0.1, -0.05) is 29.5 Å². The Balaban J connectivity index is 1.78. The van der Waals surface area contributed by atoms with Gasteiger partial charge in [0.15, 0.2) is 0 Å². The summed E-state index contributed by atoms with van der Waals surface area (Å²) in [6, 6.07) is 12.4. The van der Waals surface area contributed by atoms with Crippen LogP contribution < -0.4 is 15.5 Å². The van der Waals surface area contributed by atoms with E-state index in [1.54, 1.807) is 11.8 Å². The standard InChI is InChI=1S/C23H29N3OS/c1-5-19-18-14-16(4)8-10-21(18)28-22-11-9-17(15-20(22)25-19)23(27)24-12-13-26(6-2)7-3/h5,8-11,14-15,25H,6-7,12-13H2,1-4H3,(H,24,27)/p+1. The van der Waals surface area contributed by atoms with Gasteiger partial charge in [-0.3, -0.25) is 4.79 Å². The van der Waals surface area contributed by atoms with Crippen LogP contribution in [0.15, 0.2) is 52.3 Å². The zero-order valence-electron chi connectivity index (χ0n) is 17.2. The van der Waals surface area contributed by atoms with Crippen molar-refractivity contribution >= 4 is 29.1 Å². The van der Waals surface area contributed by atoms with E-state index < -0.39 is 0 Å². The van der Waals surface area contributed by atoms with E-state index >= 15 is 0 Å². The van der Waals surface area contributed by atoms with Gasteiger partial charge in [0, 0.05) is 26.6 Å². The van der Waals surface area contributed by atoms with Crippen molar-refractivity contribution in [2.24, 2.45) is 0 Å². The van der Waals surface area contributed by atoms with Gasteiger partial charge >= 0.3 is 0 Å². The third-order valence-electron chi connectivity index (χ3n) is 5.21. The van der Waals surface area contributed by atoms with E-state index in [4.69, 9.17) is 0 Å². The smallest absolute Gasteiger partial charge is 0.251 e. The minimum Gasteiger partial charge on any atom is -0.354 e. The lowest BCUT2D eigenvalue weighted by Gasteiger charge is -2.16. The molecule has 1 amide bonds. The molecule has 4 nitrogen and oxygen atoms in total. The first-order valence-electron chi connectivity index (χ1n) is 10.0. The Morgan fingerprint density at radius 2 is 1.89 bits per heavy atom. The molecule has 1 heterocycles. The average Bonchev–Trinajstić information content (AvgIpc) is 2.86. The molecule has 0 atom stereocenters. The second kappa shape index (κ2) is 9.30. The molecule has 2 aromatic rings. The van der Waals surface area contributed by atoms with Gasteiger partial charge in [0.1, 0.15) is 0 Å². The van der Waals surface area contributed by atoms with Crippen molar-refractivity contribution in [2.45, 2.75) is 37.5 Å². The van der Waals surface area contributed by atoms with Gasteiger partial charge < -0.3 is 15.5 Å². The first-order valence-corrected chi connectivity index (χ1v) is 10.8. The third kappa shape index (κ3) is 4.59. The number of amides is 1. The molecule has 28 heavy (non-hydrogen) atoms. The Labute approximate surface area is 172 Å². The van der Waals surface area contributed by atoms with Crippen molar-refractivity contribution in [1.82, 2.24) is 5.32 Å². The van der Waals surface area contributed by atoms with Crippen LogP contribution in [0.3, 0.4) is 0 Å². The maximum Gasteiger partial charge on any atom is 0.251 e. The largest absolute Gasteiger partial charge is 0.354 e. The van der Waals surface area contributed by atoms with Crippen molar-refractivity contribution in [3.8, 4) is 0 Å². The third-order valence-corrected chi connectivity index (χ3v) is 6.36. The van der Waals surface area contributed by atoms with Crippen LogP contribution in [0, 0.1) is 6.92 Å². The summed E-state index contributed by atoms with van der Waals surface area (Å²) in [4.78, 5) is 16.5. The van der Waals surface area contributed by atoms with E-state index in [2.05, 4.69) is 55.7 Å². The lowest BCUT2D eigenvalue weighted by atomic mass is 10.1. The molecule has 0 saturated heterocycles. The first kappa shape index (κ1) is 20.5. The van der Waals surface area contributed by atoms with Gasteiger partial charge in [0.25, 0.3) is 5.91 Å². The van der Waals surface area contributed by atoms with Crippen LogP contribution in [0.25, 0.3) is 5.70 Å². The Morgan fingerprint density at radius 3 is 2.61 bits per heavy atom. The number of hydrogen-bond acceptors (Lipinski definition) is 3. The molecule has 5 heteroatoms. The predicted molar refractivity (Wildman–Crippen MR) is 118 cm³/mol. The summed E-state index contributed by atoms with van der Waals surface area (Å²) >= 11 is 1.74. The molecule has 0 saturated carbocycles. The molecule has 3 N–H and O–H groups in total. The molecule has 0 unspecified atom stereocenters. The number of hydrogen-bond donors (Lipinski definition) is 3. The molecular weight excluding hydrogens is 366 g/mol. The van der Waals surface area contributed by atoms with E-state index in [1.165, 1.54) is 20.9 Å². The van der Waals surface area contributed by atoms with Crippen LogP contribution in [-0.4, -0.2) is 32.1 Å². The summed E-state index contributed by atoms with van der Waals surface area (Å²) in [5, 5.41) is 6.60. The van der Waals surface area contributed by atoms with Crippen molar-refractivity contribution < 1.29 is 9.69 Å². The lowest BCUT2D eigenvalue weighted by molar-refractivity contribution is -0.895. The molecule has 0 radical (unpaired) electrons. The van der Waals surface area contributed by atoms with Gasteiger partial charge in [-0.2, -0.15) is 0 Å². The predicted octanol–water partition coefficient (Wildman–Crippen LogP) is 3.59. The highest BCUT2D eigenvalue weighted by Gasteiger charge is 2.19. The Morgan fingerprint density at radius 1 is 1.14 bits per heavy atom. The number of nitrogens with one attached hydrogen (secondary N) is 3. The number of carbonyl (C=O) groups is 1. The van der Waals surface area contributed by atoms with Crippen molar-refractivity contribution in [1.29, 1.82) is 0 Å². The maximum absolute atomic E-state index is 12.6. The molecule has 0 aliphatic carbocycles. The van der Waals surface area contributed by atoms with Gasteiger partial charge in [0.2, 0.25) is 0 Å². The molecule has 148 valence electrons. The van der Waals surface area contributed by atoms with E-state index in [-0.39, 0.29) is 5.91 Å². The summed E-state index contributed by atoms with van der Waals surface area (Å²) in [5.74, 6) is -0.0132. The molecule has 0 fully saturated rings. The number of quaternary nitrogens is 1. The number of carbonyl (C=O) groups excluding carboxylic acids is 1. The molecule has 1 aliphatic heterocycles. The van der Waals surface area contributed by atoms with Crippen molar-refractivity contribution in [2.75, 3.05) is 31.5 Å². The van der Waals surface area contributed by atoms with Crippen LogP contribution >= 0.6 is 11.8 Å². The molecule has 0 aromatic heterocycles. The van der Waals surface area contributed by atoms with Crippen LogP contribution in [0.5, 0.6) is 0 Å². The Hall–Kier alpha value is -2.24. The van der Waals surface area contributed by atoms with Gasteiger partial charge in [-0.25, -0.2) is 0 Å².